The van der Waals surface area contributed by atoms with Crippen molar-refractivity contribution in [2.24, 2.45) is 0 Å². The topological polar surface area (TPSA) is 44.8 Å². The Morgan fingerprint density at radius 1 is 1.06 bits per heavy atom. The number of carbonyl (C=O) groups excluding carboxylic acids is 1. The number of rotatable bonds is 4. The molecule has 3 heterocycles. The van der Waals surface area contributed by atoms with E-state index in [2.05, 4.69) is 46.8 Å². The Balaban J connectivity index is 1.47. The second-order valence-corrected chi connectivity index (χ2v) is 9.21. The van der Waals surface area contributed by atoms with Gasteiger partial charge in [0.05, 0.1) is 18.6 Å². The molecular formula is C25H27N3O2S. The van der Waals surface area contributed by atoms with E-state index >= 15 is 0 Å². The molecule has 0 radical (unpaired) electrons. The Morgan fingerprint density at radius 3 is 2.61 bits per heavy atom. The lowest BCUT2D eigenvalue weighted by Gasteiger charge is -2.48. The first-order valence-electron chi connectivity index (χ1n) is 10.8. The van der Waals surface area contributed by atoms with Crippen molar-refractivity contribution in [1.29, 1.82) is 0 Å². The Bertz CT molecular complexity index is 1050. The lowest BCUT2D eigenvalue weighted by molar-refractivity contribution is 0.0353. The molecule has 0 aliphatic carbocycles. The van der Waals surface area contributed by atoms with Crippen LogP contribution in [0.25, 0.3) is 0 Å². The predicted octanol–water partition coefficient (Wildman–Crippen LogP) is 4.43. The van der Waals surface area contributed by atoms with Gasteiger partial charge in [-0.3, -0.25) is 4.90 Å². The minimum atomic E-state index is -0.189. The van der Waals surface area contributed by atoms with Crippen molar-refractivity contribution in [1.82, 2.24) is 15.1 Å². The number of urea groups is 1. The van der Waals surface area contributed by atoms with Crippen LogP contribution in [0.5, 0.6) is 5.75 Å². The maximum atomic E-state index is 13.4. The summed E-state index contributed by atoms with van der Waals surface area (Å²) in [5.74, 6) is 0.850. The molecule has 1 aromatic heterocycles. The average Bonchev–Trinajstić information content (AvgIpc) is 3.19. The Morgan fingerprint density at radius 2 is 1.84 bits per heavy atom. The SMILES string of the molecule is Cc1ccsc1CN1CC(N2C(=O)NCCOc3ccccc3C2c2ccccc2)C1. The molecule has 5 nitrogen and oxygen atoms in total. The number of thiophene rings is 1. The van der Waals surface area contributed by atoms with E-state index in [1.54, 1.807) is 0 Å². The minimum Gasteiger partial charge on any atom is -0.491 e. The number of carbonyl (C=O) groups is 1. The molecule has 2 aliphatic rings. The fourth-order valence-electron chi connectivity index (χ4n) is 4.48. The zero-order valence-electron chi connectivity index (χ0n) is 17.7. The van der Waals surface area contributed by atoms with Gasteiger partial charge in [0.15, 0.2) is 0 Å². The highest BCUT2D eigenvalue weighted by molar-refractivity contribution is 7.10. The first-order chi connectivity index (χ1) is 15.2. The lowest BCUT2D eigenvalue weighted by Crippen LogP contribution is -2.62. The molecule has 1 atom stereocenters. The summed E-state index contributed by atoms with van der Waals surface area (Å²) in [7, 11) is 0. The third kappa shape index (κ3) is 4.05. The van der Waals surface area contributed by atoms with E-state index in [9.17, 15) is 4.79 Å². The number of nitrogens with zero attached hydrogens (tertiary/aromatic N) is 2. The third-order valence-corrected chi connectivity index (χ3v) is 7.15. The number of para-hydroxylation sites is 1. The standard InChI is InChI=1S/C25H27N3O2S/c1-18-11-14-31-23(18)17-27-15-20(16-27)28-24(19-7-3-2-4-8-19)21-9-5-6-10-22(21)30-13-12-26-25(28)29/h2-11,14,20,24H,12-13,15-17H2,1H3,(H,26,29). The van der Waals surface area contributed by atoms with Gasteiger partial charge in [0.2, 0.25) is 0 Å². The number of fused-ring (bicyclic) bond motifs is 1. The van der Waals surface area contributed by atoms with E-state index in [0.717, 1.165) is 36.5 Å². The van der Waals surface area contributed by atoms with Crippen LogP contribution in [0.1, 0.15) is 27.6 Å². The molecule has 3 aromatic rings. The quantitative estimate of drug-likeness (QED) is 0.662. The molecule has 1 saturated heterocycles. The van der Waals surface area contributed by atoms with Crippen LogP contribution in [0.15, 0.2) is 66.0 Å². The number of hydrogen-bond donors (Lipinski definition) is 1. The Hall–Kier alpha value is -2.83. The van der Waals surface area contributed by atoms with Crippen LogP contribution < -0.4 is 10.1 Å². The number of ether oxygens (including phenoxy) is 1. The van der Waals surface area contributed by atoms with Gasteiger partial charge in [0.1, 0.15) is 12.4 Å². The van der Waals surface area contributed by atoms with Crippen LogP contribution in [0.2, 0.25) is 0 Å². The number of nitrogens with one attached hydrogen (secondary N) is 1. The maximum Gasteiger partial charge on any atom is 0.318 e. The van der Waals surface area contributed by atoms with Gasteiger partial charge in [-0.25, -0.2) is 4.79 Å². The van der Waals surface area contributed by atoms with Crippen LogP contribution in [0.4, 0.5) is 4.79 Å². The monoisotopic (exact) mass is 433 g/mol. The molecule has 1 unspecified atom stereocenters. The Labute approximate surface area is 187 Å². The molecule has 2 amide bonds. The number of benzene rings is 2. The van der Waals surface area contributed by atoms with E-state index < -0.39 is 0 Å². The van der Waals surface area contributed by atoms with Crippen molar-refractivity contribution in [3.8, 4) is 5.75 Å². The van der Waals surface area contributed by atoms with Crippen molar-refractivity contribution < 1.29 is 9.53 Å². The largest absolute Gasteiger partial charge is 0.491 e. The molecule has 0 saturated carbocycles. The fourth-order valence-corrected chi connectivity index (χ4v) is 5.43. The minimum absolute atomic E-state index is 0.0221. The highest BCUT2D eigenvalue weighted by atomic mass is 32.1. The Kier molecular flexibility index (Phi) is 5.66. The van der Waals surface area contributed by atoms with Gasteiger partial charge < -0.3 is 15.0 Å². The van der Waals surface area contributed by atoms with Gasteiger partial charge in [0.25, 0.3) is 0 Å². The highest BCUT2D eigenvalue weighted by Crippen LogP contribution is 2.38. The number of aryl methyl sites for hydroxylation is 1. The fraction of sp³-hybridized carbons (Fsp3) is 0.320. The van der Waals surface area contributed by atoms with E-state index in [-0.39, 0.29) is 18.1 Å². The van der Waals surface area contributed by atoms with Gasteiger partial charge >= 0.3 is 6.03 Å². The summed E-state index contributed by atoms with van der Waals surface area (Å²) < 4.78 is 6.04. The smallest absolute Gasteiger partial charge is 0.318 e. The zero-order valence-corrected chi connectivity index (χ0v) is 18.5. The molecule has 0 bridgehead atoms. The summed E-state index contributed by atoms with van der Waals surface area (Å²) in [5.41, 5.74) is 3.49. The summed E-state index contributed by atoms with van der Waals surface area (Å²) in [6, 6.07) is 20.5. The van der Waals surface area contributed by atoms with Crippen LogP contribution in [-0.4, -0.2) is 48.1 Å². The van der Waals surface area contributed by atoms with Gasteiger partial charge in [-0.2, -0.15) is 0 Å². The van der Waals surface area contributed by atoms with Gasteiger partial charge in [-0.05, 0) is 35.6 Å². The molecule has 1 N–H and O–H groups in total. The van der Waals surface area contributed by atoms with E-state index in [0.29, 0.717) is 13.2 Å². The number of hydrogen-bond acceptors (Lipinski definition) is 4. The van der Waals surface area contributed by atoms with Crippen LogP contribution in [-0.2, 0) is 6.54 Å². The van der Waals surface area contributed by atoms with E-state index in [4.69, 9.17) is 4.74 Å². The van der Waals surface area contributed by atoms with Crippen molar-refractivity contribution in [3.63, 3.8) is 0 Å². The highest BCUT2D eigenvalue weighted by Gasteiger charge is 2.41. The maximum absolute atomic E-state index is 13.4. The summed E-state index contributed by atoms with van der Waals surface area (Å²) in [4.78, 5) is 19.2. The predicted molar refractivity (Wildman–Crippen MR) is 124 cm³/mol. The molecule has 2 aliphatic heterocycles. The van der Waals surface area contributed by atoms with Crippen LogP contribution >= 0.6 is 11.3 Å². The first-order valence-corrected chi connectivity index (χ1v) is 11.7. The second-order valence-electron chi connectivity index (χ2n) is 8.21. The van der Waals surface area contributed by atoms with Crippen LogP contribution in [0.3, 0.4) is 0 Å². The summed E-state index contributed by atoms with van der Waals surface area (Å²) >= 11 is 1.81. The van der Waals surface area contributed by atoms with E-state index in [1.807, 2.05) is 52.6 Å². The summed E-state index contributed by atoms with van der Waals surface area (Å²) in [5, 5.41) is 5.23. The first kappa shape index (κ1) is 20.1. The summed E-state index contributed by atoms with van der Waals surface area (Å²) in [6.45, 7) is 5.82. The number of amides is 2. The number of likely N-dealkylation sites (tertiary alicyclic amines) is 1. The van der Waals surface area contributed by atoms with Gasteiger partial charge in [0, 0.05) is 30.1 Å². The average molecular weight is 434 g/mol. The molecule has 0 spiro atoms. The van der Waals surface area contributed by atoms with Crippen molar-refractivity contribution in [3.05, 3.63) is 87.6 Å². The summed E-state index contributed by atoms with van der Waals surface area (Å²) in [6.07, 6.45) is 0. The molecule has 1 fully saturated rings. The molecule has 160 valence electrons. The molecule has 5 rings (SSSR count). The van der Waals surface area contributed by atoms with Crippen LogP contribution in [0, 0.1) is 6.92 Å². The van der Waals surface area contributed by atoms with Crippen molar-refractivity contribution in [2.45, 2.75) is 25.6 Å². The zero-order chi connectivity index (χ0) is 21.2. The third-order valence-electron chi connectivity index (χ3n) is 6.14. The van der Waals surface area contributed by atoms with Crippen molar-refractivity contribution in [2.75, 3.05) is 26.2 Å². The molecule has 2 aromatic carbocycles. The van der Waals surface area contributed by atoms with Crippen molar-refractivity contribution >= 4 is 17.4 Å². The lowest BCUT2D eigenvalue weighted by atomic mass is 9.93. The van der Waals surface area contributed by atoms with Gasteiger partial charge in [-0.1, -0.05) is 48.5 Å². The van der Waals surface area contributed by atoms with Gasteiger partial charge in [-0.15, -0.1) is 11.3 Å². The normalized spacial score (nSPS) is 20.0. The molecule has 31 heavy (non-hydrogen) atoms. The second kappa shape index (κ2) is 8.73. The molecular weight excluding hydrogens is 406 g/mol. The molecule has 6 heteroatoms. The van der Waals surface area contributed by atoms with E-state index in [1.165, 1.54) is 10.4 Å².